The molecule has 1 saturated heterocycles. The van der Waals surface area contributed by atoms with Crippen molar-refractivity contribution >= 4 is 0 Å². The molecule has 1 spiro atoms. The van der Waals surface area contributed by atoms with Crippen LogP contribution in [-0.2, 0) is 9.47 Å². The van der Waals surface area contributed by atoms with Crippen molar-refractivity contribution in [2.24, 2.45) is 0 Å². The molecule has 0 aromatic rings. The standard InChI is InChI=1S/C10H16O2/c1-2-4-6-10(7-5-3-1)11-8-9-12-10/h4,6H,1-3,5,7-9H2/b6-4-. The second-order valence-corrected chi connectivity index (χ2v) is 3.51. The average molecular weight is 168 g/mol. The van der Waals surface area contributed by atoms with Crippen LogP contribution >= 0.6 is 0 Å². The molecular formula is C10H16O2. The lowest BCUT2D eigenvalue weighted by Crippen LogP contribution is -2.27. The van der Waals surface area contributed by atoms with Crippen molar-refractivity contribution in [2.75, 3.05) is 13.2 Å². The van der Waals surface area contributed by atoms with Gasteiger partial charge in [-0.05, 0) is 25.3 Å². The molecule has 2 nitrogen and oxygen atoms in total. The van der Waals surface area contributed by atoms with Crippen molar-refractivity contribution in [3.8, 4) is 0 Å². The van der Waals surface area contributed by atoms with Crippen LogP contribution in [0.15, 0.2) is 12.2 Å². The Hall–Kier alpha value is -0.340. The van der Waals surface area contributed by atoms with E-state index in [1.54, 1.807) is 0 Å². The van der Waals surface area contributed by atoms with Crippen LogP contribution in [0.4, 0.5) is 0 Å². The Bertz CT molecular complexity index is 169. The third-order valence-corrected chi connectivity index (χ3v) is 2.54. The number of allylic oxidation sites excluding steroid dienone is 1. The molecule has 0 bridgehead atoms. The van der Waals surface area contributed by atoms with E-state index in [0.29, 0.717) is 0 Å². The van der Waals surface area contributed by atoms with E-state index in [1.165, 1.54) is 25.7 Å². The Morgan fingerprint density at radius 2 is 1.83 bits per heavy atom. The first-order valence-corrected chi connectivity index (χ1v) is 4.87. The third kappa shape index (κ3) is 1.70. The first kappa shape index (κ1) is 8.27. The van der Waals surface area contributed by atoms with E-state index >= 15 is 0 Å². The van der Waals surface area contributed by atoms with Gasteiger partial charge in [-0.1, -0.05) is 12.5 Å². The van der Waals surface area contributed by atoms with Crippen LogP contribution in [-0.4, -0.2) is 19.0 Å². The molecular weight excluding hydrogens is 152 g/mol. The maximum atomic E-state index is 5.61. The molecule has 0 aromatic carbocycles. The van der Waals surface area contributed by atoms with Gasteiger partial charge in [0.25, 0.3) is 0 Å². The predicted octanol–water partition coefficient (Wildman–Crippen LogP) is 2.25. The molecule has 0 unspecified atom stereocenters. The van der Waals surface area contributed by atoms with Gasteiger partial charge in [0.1, 0.15) is 0 Å². The topological polar surface area (TPSA) is 18.5 Å². The molecule has 0 radical (unpaired) electrons. The predicted molar refractivity (Wildman–Crippen MR) is 46.9 cm³/mol. The highest BCUT2D eigenvalue weighted by atomic mass is 16.7. The summed E-state index contributed by atoms with van der Waals surface area (Å²) in [6.45, 7) is 1.51. The van der Waals surface area contributed by atoms with Gasteiger partial charge in [0.05, 0.1) is 13.2 Å². The smallest absolute Gasteiger partial charge is 0.187 e. The minimum absolute atomic E-state index is 0.333. The summed E-state index contributed by atoms with van der Waals surface area (Å²) in [7, 11) is 0. The number of hydrogen-bond acceptors (Lipinski definition) is 2. The first-order chi connectivity index (χ1) is 5.91. The van der Waals surface area contributed by atoms with E-state index in [0.717, 1.165) is 19.6 Å². The zero-order valence-electron chi connectivity index (χ0n) is 7.42. The fourth-order valence-electron chi connectivity index (χ4n) is 1.87. The van der Waals surface area contributed by atoms with Gasteiger partial charge in [-0.3, -0.25) is 0 Å². The maximum absolute atomic E-state index is 5.61. The molecule has 2 rings (SSSR count). The number of ether oxygens (including phenoxy) is 2. The van der Waals surface area contributed by atoms with Crippen molar-refractivity contribution in [1.29, 1.82) is 0 Å². The van der Waals surface area contributed by atoms with Crippen LogP contribution in [0.1, 0.15) is 32.1 Å². The number of rotatable bonds is 0. The Balaban J connectivity index is 2.04. The first-order valence-electron chi connectivity index (χ1n) is 4.87. The molecule has 12 heavy (non-hydrogen) atoms. The summed E-state index contributed by atoms with van der Waals surface area (Å²) in [5.41, 5.74) is 0. The summed E-state index contributed by atoms with van der Waals surface area (Å²) in [6.07, 6.45) is 10.4. The monoisotopic (exact) mass is 168 g/mol. The van der Waals surface area contributed by atoms with Crippen LogP contribution in [0.25, 0.3) is 0 Å². The molecule has 2 heteroatoms. The minimum Gasteiger partial charge on any atom is -0.344 e. The summed E-state index contributed by atoms with van der Waals surface area (Å²) >= 11 is 0. The Kier molecular flexibility index (Phi) is 2.47. The van der Waals surface area contributed by atoms with Crippen molar-refractivity contribution in [1.82, 2.24) is 0 Å². The molecule has 2 aliphatic rings. The van der Waals surface area contributed by atoms with Crippen LogP contribution < -0.4 is 0 Å². The summed E-state index contributed by atoms with van der Waals surface area (Å²) < 4.78 is 11.2. The third-order valence-electron chi connectivity index (χ3n) is 2.54. The van der Waals surface area contributed by atoms with Crippen molar-refractivity contribution in [3.63, 3.8) is 0 Å². The van der Waals surface area contributed by atoms with Gasteiger partial charge in [0.2, 0.25) is 0 Å². The molecule has 0 atom stereocenters. The average Bonchev–Trinajstić information content (AvgIpc) is 2.47. The largest absolute Gasteiger partial charge is 0.344 e. The highest BCUT2D eigenvalue weighted by molar-refractivity contribution is 4.99. The molecule has 1 aliphatic heterocycles. The molecule has 68 valence electrons. The molecule has 0 aromatic heterocycles. The SMILES string of the molecule is C1=C\C2(CCCCC/1)OCCO2. The van der Waals surface area contributed by atoms with Gasteiger partial charge in [-0.25, -0.2) is 0 Å². The highest BCUT2D eigenvalue weighted by Gasteiger charge is 2.33. The molecule has 1 fully saturated rings. The summed E-state index contributed by atoms with van der Waals surface area (Å²) in [4.78, 5) is 0. The van der Waals surface area contributed by atoms with E-state index in [4.69, 9.17) is 9.47 Å². The summed E-state index contributed by atoms with van der Waals surface area (Å²) in [5.74, 6) is -0.333. The van der Waals surface area contributed by atoms with Crippen LogP contribution in [0.5, 0.6) is 0 Å². The summed E-state index contributed by atoms with van der Waals surface area (Å²) in [6, 6.07) is 0. The summed E-state index contributed by atoms with van der Waals surface area (Å²) in [5, 5.41) is 0. The van der Waals surface area contributed by atoms with Gasteiger partial charge >= 0.3 is 0 Å². The quantitative estimate of drug-likeness (QED) is 0.516. The van der Waals surface area contributed by atoms with Gasteiger partial charge < -0.3 is 9.47 Å². The maximum Gasteiger partial charge on any atom is 0.187 e. The number of hydrogen-bond donors (Lipinski definition) is 0. The van der Waals surface area contributed by atoms with Crippen LogP contribution in [0.2, 0.25) is 0 Å². The molecule has 0 amide bonds. The second-order valence-electron chi connectivity index (χ2n) is 3.51. The van der Waals surface area contributed by atoms with E-state index in [2.05, 4.69) is 12.2 Å². The molecule has 1 aliphatic carbocycles. The van der Waals surface area contributed by atoms with Gasteiger partial charge in [0.15, 0.2) is 5.79 Å². The van der Waals surface area contributed by atoms with Crippen molar-refractivity contribution < 1.29 is 9.47 Å². The van der Waals surface area contributed by atoms with Crippen LogP contribution in [0, 0.1) is 0 Å². The Labute approximate surface area is 73.5 Å². The van der Waals surface area contributed by atoms with Crippen molar-refractivity contribution in [2.45, 2.75) is 37.9 Å². The van der Waals surface area contributed by atoms with Gasteiger partial charge in [0, 0.05) is 6.42 Å². The van der Waals surface area contributed by atoms with Crippen LogP contribution in [0.3, 0.4) is 0 Å². The normalized spacial score (nSPS) is 31.3. The lowest BCUT2D eigenvalue weighted by molar-refractivity contribution is -0.123. The van der Waals surface area contributed by atoms with E-state index in [9.17, 15) is 0 Å². The fraction of sp³-hybridized carbons (Fsp3) is 0.800. The second kappa shape index (κ2) is 3.58. The highest BCUT2D eigenvalue weighted by Crippen LogP contribution is 2.29. The van der Waals surface area contributed by atoms with E-state index < -0.39 is 0 Å². The molecule has 0 saturated carbocycles. The van der Waals surface area contributed by atoms with E-state index in [-0.39, 0.29) is 5.79 Å². The van der Waals surface area contributed by atoms with Crippen molar-refractivity contribution in [3.05, 3.63) is 12.2 Å². The minimum atomic E-state index is -0.333. The zero-order chi connectivity index (χ0) is 8.28. The lowest BCUT2D eigenvalue weighted by Gasteiger charge is -2.24. The Morgan fingerprint density at radius 1 is 1.00 bits per heavy atom. The van der Waals surface area contributed by atoms with E-state index in [1.807, 2.05) is 0 Å². The molecule has 0 N–H and O–H groups in total. The lowest BCUT2D eigenvalue weighted by atomic mass is 10.0. The van der Waals surface area contributed by atoms with Gasteiger partial charge in [-0.2, -0.15) is 0 Å². The fourth-order valence-corrected chi connectivity index (χ4v) is 1.87. The zero-order valence-corrected chi connectivity index (χ0v) is 7.42. The Morgan fingerprint density at radius 3 is 2.67 bits per heavy atom. The van der Waals surface area contributed by atoms with Gasteiger partial charge in [-0.15, -0.1) is 0 Å². The molecule has 1 heterocycles.